The summed E-state index contributed by atoms with van der Waals surface area (Å²) in [5.41, 5.74) is 0.130. The number of aromatic nitrogens is 2. The van der Waals surface area contributed by atoms with Crippen LogP contribution in [0.1, 0.15) is 24.0 Å². The molecule has 1 aromatic carbocycles. The van der Waals surface area contributed by atoms with Gasteiger partial charge in [-0.05, 0) is 62.5 Å². The molecule has 0 amide bonds. The van der Waals surface area contributed by atoms with E-state index in [1.165, 1.54) is 6.07 Å². The van der Waals surface area contributed by atoms with Crippen LogP contribution in [0.3, 0.4) is 0 Å². The van der Waals surface area contributed by atoms with Crippen LogP contribution in [-0.2, 0) is 45.9 Å². The summed E-state index contributed by atoms with van der Waals surface area (Å²) in [5, 5.41) is 11.8. The van der Waals surface area contributed by atoms with E-state index in [0.29, 0.717) is 11.7 Å². The predicted molar refractivity (Wildman–Crippen MR) is 106 cm³/mol. The van der Waals surface area contributed by atoms with Crippen molar-refractivity contribution in [1.29, 1.82) is 0 Å². The van der Waals surface area contributed by atoms with Crippen LogP contribution in [0.5, 0.6) is 0 Å². The maximum Gasteiger partial charge on any atom is 0.416 e. The summed E-state index contributed by atoms with van der Waals surface area (Å²) < 4.78 is 63.2. The summed E-state index contributed by atoms with van der Waals surface area (Å²) in [6.45, 7) is 5.04. The topological polar surface area (TPSA) is 87.2 Å². The Morgan fingerprint density at radius 2 is 1.84 bits per heavy atom. The second kappa shape index (κ2) is 9.40. The van der Waals surface area contributed by atoms with Gasteiger partial charge in [-0.3, -0.25) is 0 Å². The minimum absolute atomic E-state index is 0. The number of fused-ring (bicyclic) bond motifs is 3. The molecule has 3 saturated heterocycles. The number of hydrogen-bond donors (Lipinski definition) is 2. The molecule has 3 fully saturated rings. The van der Waals surface area contributed by atoms with Gasteiger partial charge >= 0.3 is 6.18 Å². The van der Waals surface area contributed by atoms with E-state index < -0.39 is 22.6 Å². The summed E-state index contributed by atoms with van der Waals surface area (Å²) in [4.78, 5) is 2.41. The average Bonchev–Trinajstić information content (AvgIpc) is 2.69. The Hall–Kier alpha value is -1.74. The maximum atomic E-state index is 13.0. The number of nitrogens with one attached hydrogen (secondary N) is 2. The molecule has 5 rings (SSSR count). The zero-order valence-corrected chi connectivity index (χ0v) is 20.1. The Kier molecular flexibility index (Phi) is 7.25. The van der Waals surface area contributed by atoms with Gasteiger partial charge in [-0.2, -0.15) is 13.2 Å². The van der Waals surface area contributed by atoms with Crippen molar-refractivity contribution < 1.29 is 42.0 Å². The Labute approximate surface area is 193 Å². The predicted octanol–water partition coefficient (Wildman–Crippen LogP) is 3.61. The summed E-state index contributed by atoms with van der Waals surface area (Å²) in [5.74, 6) is 1.22. The third-order valence-corrected chi connectivity index (χ3v) is 6.17. The summed E-state index contributed by atoms with van der Waals surface area (Å²) in [7, 11) is -2.78. The second-order valence-corrected chi connectivity index (χ2v) is 8.42. The maximum absolute atomic E-state index is 13.0. The van der Waals surface area contributed by atoms with Crippen molar-refractivity contribution in [3.63, 3.8) is 0 Å². The molecule has 3 aliphatic heterocycles. The van der Waals surface area contributed by atoms with Crippen molar-refractivity contribution in [2.24, 2.45) is 5.92 Å². The Bertz CT molecular complexity index is 1020. The molecular formula is C19H21F3N5O2ReS-. The van der Waals surface area contributed by atoms with Gasteiger partial charge in [0.2, 0.25) is 0 Å². The number of nitrogens with zero attached hydrogens (tertiary/aromatic N) is 3. The van der Waals surface area contributed by atoms with E-state index in [4.69, 9.17) is 0 Å². The Balaban J connectivity index is 0.00000272. The zero-order valence-electron chi connectivity index (χ0n) is 16.6. The van der Waals surface area contributed by atoms with Gasteiger partial charge in [0.15, 0.2) is 5.82 Å². The van der Waals surface area contributed by atoms with Gasteiger partial charge in [0.25, 0.3) is 0 Å². The standard InChI is InChI=1S/C19H21F3N5O2S.Re/c1-11-8-15(14-3-2-13(19(20,21)22)9-16(14)26-30(28)29)24-25-18(11)23-17-10-27-6-4-12(17)5-7-27;/h2-3,8-9,12,17H,4-7,10H2,1H3,(H,23,25)(H,26,28,29);/q-1;/t17-;/m0./s1. The quantitative estimate of drug-likeness (QED) is 0.494. The van der Waals surface area contributed by atoms with E-state index in [2.05, 4.69) is 20.4 Å². The molecule has 7 nitrogen and oxygen atoms in total. The van der Waals surface area contributed by atoms with Crippen LogP contribution in [-0.4, -0.2) is 40.8 Å². The molecule has 1 atom stereocenters. The van der Waals surface area contributed by atoms with E-state index in [-0.39, 0.29) is 43.4 Å². The monoisotopic (exact) mass is 627 g/mol. The Morgan fingerprint density at radius 1 is 1.13 bits per heavy atom. The zero-order chi connectivity index (χ0) is 21.5. The number of rotatable bonds is 5. The van der Waals surface area contributed by atoms with Crippen LogP contribution in [0, 0.1) is 12.8 Å². The van der Waals surface area contributed by atoms with Crippen molar-refractivity contribution in [2.45, 2.75) is 32.0 Å². The normalized spacial score (nSPS) is 22.8. The molecule has 2 bridgehead atoms. The molecule has 169 valence electrons. The molecule has 0 aliphatic carbocycles. The number of hydrogen-bond acceptors (Lipinski definition) is 7. The first-order valence-corrected chi connectivity index (χ1v) is 10.7. The molecule has 0 unspecified atom stereocenters. The van der Waals surface area contributed by atoms with Gasteiger partial charge in [-0.15, -0.1) is 10.2 Å². The number of aryl methyl sites for hydroxylation is 1. The molecule has 3 aliphatic rings. The van der Waals surface area contributed by atoms with Crippen LogP contribution < -0.4 is 10.0 Å². The van der Waals surface area contributed by atoms with Crippen molar-refractivity contribution in [3.05, 3.63) is 35.4 Å². The van der Waals surface area contributed by atoms with Crippen molar-refractivity contribution in [2.75, 3.05) is 29.7 Å². The summed E-state index contributed by atoms with van der Waals surface area (Å²) in [6.07, 6.45) is -2.30. The first-order chi connectivity index (χ1) is 14.2. The van der Waals surface area contributed by atoms with Gasteiger partial charge in [0.05, 0.1) is 11.3 Å². The Morgan fingerprint density at radius 3 is 2.39 bits per heavy atom. The first kappa shape index (κ1) is 23.9. The fourth-order valence-electron chi connectivity index (χ4n) is 4.18. The third-order valence-electron chi connectivity index (χ3n) is 5.78. The van der Waals surface area contributed by atoms with Crippen molar-refractivity contribution in [3.8, 4) is 11.3 Å². The molecule has 0 spiro atoms. The van der Waals surface area contributed by atoms with Gasteiger partial charge in [0, 0.05) is 55.2 Å². The molecule has 4 heterocycles. The fraction of sp³-hybridized carbons (Fsp3) is 0.474. The van der Waals surface area contributed by atoms with Crippen molar-refractivity contribution in [1.82, 2.24) is 15.1 Å². The number of alkyl halides is 3. The average molecular weight is 627 g/mol. The van der Waals surface area contributed by atoms with Gasteiger partial charge < -0.3 is 23.4 Å². The smallest absolute Gasteiger partial charge is 0.416 e. The van der Waals surface area contributed by atoms with E-state index in [1.54, 1.807) is 6.07 Å². The third kappa shape index (κ3) is 5.37. The fourth-order valence-corrected chi connectivity index (χ4v) is 4.53. The van der Waals surface area contributed by atoms with E-state index in [9.17, 15) is 21.6 Å². The van der Waals surface area contributed by atoms with E-state index >= 15 is 0 Å². The molecule has 1 aromatic heterocycles. The van der Waals surface area contributed by atoms with Crippen LogP contribution in [0.15, 0.2) is 24.3 Å². The number of piperidine rings is 3. The summed E-state index contributed by atoms with van der Waals surface area (Å²) in [6, 6.07) is 4.82. The van der Waals surface area contributed by atoms with E-state index in [1.807, 2.05) is 11.6 Å². The number of halogens is 3. The van der Waals surface area contributed by atoms with Crippen LogP contribution in [0.4, 0.5) is 24.7 Å². The SMILES string of the molecule is Cc1cc(-c2ccc(C(F)(F)F)cc2N[S-](=O)=O)nnc1N[C@H]1CN2CCC1CC2.[Re]. The van der Waals surface area contributed by atoms with E-state index in [0.717, 1.165) is 50.2 Å². The van der Waals surface area contributed by atoms with Crippen LogP contribution in [0.25, 0.3) is 11.3 Å². The second-order valence-electron chi connectivity index (χ2n) is 7.74. The molecule has 1 radical (unpaired) electrons. The summed E-state index contributed by atoms with van der Waals surface area (Å²) >= 11 is 0. The van der Waals surface area contributed by atoms with Crippen LogP contribution >= 0.6 is 0 Å². The largest absolute Gasteiger partial charge is 0.419 e. The molecule has 12 heteroatoms. The number of benzene rings is 1. The van der Waals surface area contributed by atoms with Gasteiger partial charge in [0.1, 0.15) is 0 Å². The van der Waals surface area contributed by atoms with Gasteiger partial charge in [-0.1, -0.05) is 6.07 Å². The number of anilines is 2. The van der Waals surface area contributed by atoms with Crippen molar-refractivity contribution >= 4 is 22.4 Å². The minimum Gasteiger partial charge on any atom is -0.419 e. The molecule has 0 saturated carbocycles. The molecule has 31 heavy (non-hydrogen) atoms. The van der Waals surface area contributed by atoms with Gasteiger partial charge in [-0.25, -0.2) is 0 Å². The minimum atomic E-state index is -4.59. The molecule has 2 aromatic rings. The molecule has 2 N–H and O–H groups in total. The van der Waals surface area contributed by atoms with Crippen LogP contribution in [0.2, 0.25) is 0 Å². The molecular weight excluding hydrogens is 606 g/mol. The first-order valence-electron chi connectivity index (χ1n) is 9.61.